The molecule has 0 aromatic heterocycles. The molecule has 0 spiro atoms. The van der Waals surface area contributed by atoms with Crippen LogP contribution in [-0.2, 0) is 4.79 Å². The lowest BCUT2D eigenvalue weighted by molar-refractivity contribution is -0.119. The Bertz CT molecular complexity index is 607. The predicted octanol–water partition coefficient (Wildman–Crippen LogP) is 1.36. The molecule has 1 fully saturated rings. The van der Waals surface area contributed by atoms with E-state index < -0.39 is 5.91 Å². The van der Waals surface area contributed by atoms with E-state index in [2.05, 4.69) is 10.6 Å². The molecule has 140 valence electrons. The summed E-state index contributed by atoms with van der Waals surface area (Å²) in [6.45, 7) is 2.22. The second-order valence-electron chi connectivity index (χ2n) is 5.67. The Hall–Kier alpha value is -1.70. The van der Waals surface area contributed by atoms with E-state index in [4.69, 9.17) is 26.8 Å². The Balaban J connectivity index is 0.00000312. The van der Waals surface area contributed by atoms with E-state index in [0.717, 1.165) is 25.9 Å². The van der Waals surface area contributed by atoms with Gasteiger partial charge in [0.25, 0.3) is 11.8 Å². The highest BCUT2D eigenvalue weighted by Gasteiger charge is 2.18. The average Bonchev–Trinajstić information content (AvgIpc) is 2.58. The summed E-state index contributed by atoms with van der Waals surface area (Å²) >= 11 is 6.14. The number of nitrogens with one attached hydrogen (secondary N) is 2. The first-order valence-corrected chi connectivity index (χ1v) is 8.16. The number of halogens is 2. The van der Waals surface area contributed by atoms with Crippen LogP contribution in [0.2, 0.25) is 5.02 Å². The molecular formula is C16H23Cl2N3O4. The predicted molar refractivity (Wildman–Crippen MR) is 97.9 cm³/mol. The third-order valence-electron chi connectivity index (χ3n) is 3.80. The Morgan fingerprint density at radius 3 is 2.80 bits per heavy atom. The minimum Gasteiger partial charge on any atom is -0.493 e. The number of carbonyl (C=O) groups is 2. The van der Waals surface area contributed by atoms with Gasteiger partial charge in [-0.05, 0) is 44.0 Å². The van der Waals surface area contributed by atoms with Crippen molar-refractivity contribution in [2.75, 3.05) is 33.4 Å². The quantitative estimate of drug-likeness (QED) is 0.651. The molecule has 0 bridgehead atoms. The first-order chi connectivity index (χ1) is 11.5. The van der Waals surface area contributed by atoms with Crippen molar-refractivity contribution in [3.05, 3.63) is 22.7 Å². The van der Waals surface area contributed by atoms with Crippen molar-refractivity contribution in [1.29, 1.82) is 0 Å². The van der Waals surface area contributed by atoms with E-state index >= 15 is 0 Å². The highest BCUT2D eigenvalue weighted by atomic mass is 35.5. The van der Waals surface area contributed by atoms with Crippen molar-refractivity contribution < 1.29 is 19.1 Å². The highest BCUT2D eigenvalue weighted by molar-refractivity contribution is 6.32. The van der Waals surface area contributed by atoms with Crippen molar-refractivity contribution in [2.24, 2.45) is 11.7 Å². The molecule has 1 atom stereocenters. The van der Waals surface area contributed by atoms with Gasteiger partial charge in [0.15, 0.2) is 18.1 Å². The number of amides is 2. The molecular weight excluding hydrogens is 369 g/mol. The summed E-state index contributed by atoms with van der Waals surface area (Å²) in [5.41, 5.74) is 5.42. The molecule has 1 aromatic rings. The smallest absolute Gasteiger partial charge is 0.255 e. The lowest BCUT2D eigenvalue weighted by Gasteiger charge is -2.23. The standard InChI is InChI=1S/C16H22ClN3O4.ClH/c1-23-13-6-11(5-12(17)15(13)24-9-14(18)21)16(22)20-8-10-3-2-4-19-7-10;/h5-6,10,19H,2-4,7-9H2,1H3,(H2,18,21)(H,20,22);1H. The van der Waals surface area contributed by atoms with Crippen LogP contribution in [0.3, 0.4) is 0 Å². The molecule has 9 heteroatoms. The number of carbonyl (C=O) groups excluding carboxylic acids is 2. The lowest BCUT2D eigenvalue weighted by Crippen LogP contribution is -2.38. The molecule has 4 N–H and O–H groups in total. The number of benzene rings is 1. The van der Waals surface area contributed by atoms with E-state index in [1.807, 2.05) is 0 Å². The van der Waals surface area contributed by atoms with Crippen LogP contribution >= 0.6 is 24.0 Å². The Morgan fingerprint density at radius 2 is 2.20 bits per heavy atom. The number of rotatable bonds is 7. The molecule has 7 nitrogen and oxygen atoms in total. The Labute approximate surface area is 158 Å². The topological polar surface area (TPSA) is 103 Å². The zero-order valence-corrected chi connectivity index (χ0v) is 15.5. The summed E-state index contributed by atoms with van der Waals surface area (Å²) in [6, 6.07) is 3.01. The van der Waals surface area contributed by atoms with Crippen molar-refractivity contribution in [3.63, 3.8) is 0 Å². The van der Waals surface area contributed by atoms with Gasteiger partial charge in [0.1, 0.15) is 0 Å². The maximum absolute atomic E-state index is 12.3. The normalized spacial score (nSPS) is 16.5. The van der Waals surface area contributed by atoms with Gasteiger partial charge in [-0.2, -0.15) is 0 Å². The zero-order valence-electron chi connectivity index (χ0n) is 14.0. The van der Waals surface area contributed by atoms with E-state index in [9.17, 15) is 9.59 Å². The maximum Gasteiger partial charge on any atom is 0.255 e. The molecule has 1 aliphatic rings. The van der Waals surface area contributed by atoms with Crippen LogP contribution in [0.15, 0.2) is 12.1 Å². The summed E-state index contributed by atoms with van der Waals surface area (Å²) in [5.74, 6) is 0.0238. The van der Waals surface area contributed by atoms with Gasteiger partial charge in [0.05, 0.1) is 12.1 Å². The van der Waals surface area contributed by atoms with Gasteiger partial charge >= 0.3 is 0 Å². The van der Waals surface area contributed by atoms with E-state index in [0.29, 0.717) is 18.0 Å². The number of primary amides is 1. The Kier molecular flexibility index (Phi) is 8.82. The number of hydrogen-bond donors (Lipinski definition) is 3. The highest BCUT2D eigenvalue weighted by Crippen LogP contribution is 2.36. The maximum atomic E-state index is 12.3. The van der Waals surface area contributed by atoms with Crippen molar-refractivity contribution in [3.8, 4) is 11.5 Å². The molecule has 1 unspecified atom stereocenters. The molecule has 1 aliphatic heterocycles. The lowest BCUT2D eigenvalue weighted by atomic mass is 9.99. The minimum absolute atomic E-state index is 0. The van der Waals surface area contributed by atoms with Crippen LogP contribution in [0.4, 0.5) is 0 Å². The Morgan fingerprint density at radius 1 is 1.44 bits per heavy atom. The van der Waals surface area contributed by atoms with Gasteiger partial charge in [0, 0.05) is 12.1 Å². The molecule has 0 saturated carbocycles. The average molecular weight is 392 g/mol. The van der Waals surface area contributed by atoms with Crippen LogP contribution in [-0.4, -0.2) is 45.2 Å². The summed E-state index contributed by atoms with van der Waals surface area (Å²) in [5, 5.41) is 6.40. The first-order valence-electron chi connectivity index (χ1n) is 7.78. The number of hydrogen-bond acceptors (Lipinski definition) is 5. The third-order valence-corrected chi connectivity index (χ3v) is 4.08. The summed E-state index contributed by atoms with van der Waals surface area (Å²) in [7, 11) is 1.43. The molecule has 1 saturated heterocycles. The van der Waals surface area contributed by atoms with Gasteiger partial charge in [-0.25, -0.2) is 0 Å². The van der Waals surface area contributed by atoms with Crippen LogP contribution in [0.1, 0.15) is 23.2 Å². The van der Waals surface area contributed by atoms with E-state index in [1.54, 1.807) is 0 Å². The fourth-order valence-corrected chi connectivity index (χ4v) is 2.84. The largest absolute Gasteiger partial charge is 0.493 e. The molecule has 0 radical (unpaired) electrons. The van der Waals surface area contributed by atoms with Gasteiger partial charge in [-0.3, -0.25) is 9.59 Å². The molecule has 1 aromatic carbocycles. The van der Waals surface area contributed by atoms with Crippen LogP contribution in [0, 0.1) is 5.92 Å². The second kappa shape index (κ2) is 10.3. The number of methoxy groups -OCH3 is 1. The molecule has 2 amide bonds. The van der Waals surface area contributed by atoms with Crippen molar-refractivity contribution in [2.45, 2.75) is 12.8 Å². The molecule has 0 aliphatic carbocycles. The van der Waals surface area contributed by atoms with Crippen LogP contribution in [0.25, 0.3) is 0 Å². The fourth-order valence-electron chi connectivity index (χ4n) is 2.57. The number of ether oxygens (including phenoxy) is 2. The molecule has 25 heavy (non-hydrogen) atoms. The minimum atomic E-state index is -0.629. The van der Waals surface area contributed by atoms with Gasteiger partial charge in [-0.15, -0.1) is 12.4 Å². The molecule has 1 heterocycles. The van der Waals surface area contributed by atoms with Crippen molar-refractivity contribution in [1.82, 2.24) is 10.6 Å². The summed E-state index contributed by atoms with van der Waals surface area (Å²) in [6.07, 6.45) is 2.21. The second-order valence-corrected chi connectivity index (χ2v) is 6.07. The van der Waals surface area contributed by atoms with Crippen LogP contribution in [0.5, 0.6) is 11.5 Å². The van der Waals surface area contributed by atoms with Crippen molar-refractivity contribution >= 4 is 35.8 Å². The van der Waals surface area contributed by atoms with E-state index in [1.165, 1.54) is 19.2 Å². The summed E-state index contributed by atoms with van der Waals surface area (Å²) < 4.78 is 10.4. The first kappa shape index (κ1) is 21.3. The van der Waals surface area contributed by atoms with E-state index in [-0.39, 0.29) is 41.4 Å². The fraction of sp³-hybridized carbons (Fsp3) is 0.500. The van der Waals surface area contributed by atoms with Gasteiger partial charge < -0.3 is 25.8 Å². The monoisotopic (exact) mass is 391 g/mol. The summed E-state index contributed by atoms with van der Waals surface area (Å²) in [4.78, 5) is 23.2. The molecule has 2 rings (SSSR count). The third kappa shape index (κ3) is 6.26. The van der Waals surface area contributed by atoms with Gasteiger partial charge in [-0.1, -0.05) is 11.6 Å². The number of piperidine rings is 1. The SMILES string of the molecule is COc1cc(C(=O)NCC2CCCNC2)cc(Cl)c1OCC(N)=O.Cl. The number of nitrogens with two attached hydrogens (primary N) is 1. The zero-order chi connectivity index (χ0) is 17.5. The van der Waals surface area contributed by atoms with Gasteiger partial charge in [0.2, 0.25) is 0 Å². The van der Waals surface area contributed by atoms with Crippen LogP contribution < -0.4 is 25.8 Å².